The summed E-state index contributed by atoms with van der Waals surface area (Å²) >= 11 is 7.13. The molecule has 3 rings (SSSR count). The molecule has 0 aliphatic carbocycles. The molecule has 0 amide bonds. The summed E-state index contributed by atoms with van der Waals surface area (Å²) in [6, 6.07) is 5.94. The van der Waals surface area contributed by atoms with Gasteiger partial charge in [-0.25, -0.2) is 4.79 Å². The Morgan fingerprint density at radius 2 is 2.13 bits per heavy atom. The summed E-state index contributed by atoms with van der Waals surface area (Å²) in [5.41, 5.74) is -0.114. The van der Waals surface area contributed by atoms with Gasteiger partial charge in [0, 0.05) is 22.9 Å². The molecule has 0 saturated carbocycles. The molecule has 1 aliphatic heterocycles. The highest BCUT2D eigenvalue weighted by Crippen LogP contribution is 2.37. The molecule has 0 spiro atoms. The first kappa shape index (κ1) is 15.6. The van der Waals surface area contributed by atoms with Crippen molar-refractivity contribution in [2.75, 3.05) is 5.75 Å². The predicted octanol–water partition coefficient (Wildman–Crippen LogP) is 2.81. The number of nitro groups is 1. The second kappa shape index (κ2) is 5.71. The van der Waals surface area contributed by atoms with Gasteiger partial charge in [-0.15, -0.1) is 11.8 Å². The number of hydrogen-bond acceptors (Lipinski definition) is 5. The summed E-state index contributed by atoms with van der Waals surface area (Å²) in [5, 5.41) is 21.1. The molecule has 0 unspecified atom stereocenters. The molecule has 2 aromatic rings. The van der Waals surface area contributed by atoms with Crippen LogP contribution in [-0.2, 0) is 4.79 Å². The first-order chi connectivity index (χ1) is 10.9. The van der Waals surface area contributed by atoms with E-state index in [0.29, 0.717) is 15.6 Å². The summed E-state index contributed by atoms with van der Waals surface area (Å²) < 4.78 is 1.19. The number of aromatic nitrogens is 1. The van der Waals surface area contributed by atoms with E-state index in [1.165, 1.54) is 40.6 Å². The molecule has 7 nitrogen and oxygen atoms in total. The predicted molar refractivity (Wildman–Crippen MR) is 85.2 cm³/mol. The Bertz CT molecular complexity index is 895. The van der Waals surface area contributed by atoms with Crippen molar-refractivity contribution in [2.45, 2.75) is 11.1 Å². The summed E-state index contributed by atoms with van der Waals surface area (Å²) in [6.45, 7) is 0. The summed E-state index contributed by atoms with van der Waals surface area (Å²) in [4.78, 5) is 34.1. The fraction of sp³-hybridized carbons (Fsp3) is 0.143. The minimum Gasteiger partial charge on any atom is -0.480 e. The van der Waals surface area contributed by atoms with E-state index in [1.54, 1.807) is 6.07 Å². The number of thioether (sulfide) groups is 1. The number of pyridine rings is 1. The summed E-state index contributed by atoms with van der Waals surface area (Å²) in [7, 11) is 0. The summed E-state index contributed by atoms with van der Waals surface area (Å²) in [6.07, 6.45) is 0. The quantitative estimate of drug-likeness (QED) is 0.673. The van der Waals surface area contributed by atoms with Gasteiger partial charge in [-0.2, -0.15) is 0 Å². The Labute approximate surface area is 138 Å². The average molecular weight is 353 g/mol. The van der Waals surface area contributed by atoms with Crippen LogP contribution in [0, 0.1) is 10.1 Å². The van der Waals surface area contributed by atoms with Crippen LogP contribution in [0.3, 0.4) is 0 Å². The molecule has 0 saturated heterocycles. The standard InChI is InChI=1S/C14H9ClN2O5S/c15-8-1-2-10(17(21)22)9(5-8)7-3-12(18)16-11(14(19)20)6-23-13(16)4-7/h1-5,11H,6H2,(H,19,20)/t11-/m0/s1. The van der Waals surface area contributed by atoms with Crippen molar-refractivity contribution < 1.29 is 14.8 Å². The highest BCUT2D eigenvalue weighted by molar-refractivity contribution is 7.99. The number of carbonyl (C=O) groups is 1. The van der Waals surface area contributed by atoms with Crippen LogP contribution in [0.25, 0.3) is 11.1 Å². The van der Waals surface area contributed by atoms with Crippen molar-refractivity contribution >= 4 is 35.0 Å². The zero-order valence-corrected chi connectivity index (χ0v) is 13.0. The Balaban J connectivity index is 2.20. The van der Waals surface area contributed by atoms with Gasteiger partial charge in [0.25, 0.3) is 11.2 Å². The van der Waals surface area contributed by atoms with Crippen molar-refractivity contribution in [1.29, 1.82) is 0 Å². The lowest BCUT2D eigenvalue weighted by atomic mass is 10.0. The smallest absolute Gasteiger partial charge is 0.327 e. The Kier molecular flexibility index (Phi) is 3.87. The fourth-order valence-corrected chi connectivity index (χ4v) is 3.81. The fourth-order valence-electron chi connectivity index (χ4n) is 2.45. The van der Waals surface area contributed by atoms with E-state index in [4.69, 9.17) is 16.7 Å². The number of hydrogen-bond donors (Lipinski definition) is 1. The average Bonchev–Trinajstić information content (AvgIpc) is 2.91. The van der Waals surface area contributed by atoms with Gasteiger partial charge in [-0.1, -0.05) is 11.6 Å². The lowest BCUT2D eigenvalue weighted by Crippen LogP contribution is -2.28. The number of carboxylic acids is 1. The number of benzene rings is 1. The Morgan fingerprint density at radius 3 is 2.78 bits per heavy atom. The van der Waals surface area contributed by atoms with Gasteiger partial charge in [0.15, 0.2) is 0 Å². The molecular formula is C14H9ClN2O5S. The van der Waals surface area contributed by atoms with Crippen LogP contribution >= 0.6 is 23.4 Å². The highest BCUT2D eigenvalue weighted by Gasteiger charge is 2.30. The first-order valence-electron chi connectivity index (χ1n) is 6.45. The molecule has 1 aromatic carbocycles. The molecule has 1 N–H and O–H groups in total. The Morgan fingerprint density at radius 1 is 1.39 bits per heavy atom. The molecule has 1 atom stereocenters. The normalized spacial score (nSPS) is 16.1. The van der Waals surface area contributed by atoms with Gasteiger partial charge >= 0.3 is 5.97 Å². The maximum atomic E-state index is 12.3. The van der Waals surface area contributed by atoms with E-state index in [-0.39, 0.29) is 17.0 Å². The zero-order chi connectivity index (χ0) is 16.7. The van der Waals surface area contributed by atoms with E-state index < -0.39 is 22.5 Å². The number of nitro benzene ring substituents is 1. The van der Waals surface area contributed by atoms with Crippen LogP contribution in [0.1, 0.15) is 6.04 Å². The van der Waals surface area contributed by atoms with E-state index >= 15 is 0 Å². The van der Waals surface area contributed by atoms with Crippen LogP contribution in [0.2, 0.25) is 5.02 Å². The van der Waals surface area contributed by atoms with E-state index in [0.717, 1.165) is 0 Å². The third-order valence-corrected chi connectivity index (χ3v) is 4.81. The maximum absolute atomic E-state index is 12.3. The van der Waals surface area contributed by atoms with E-state index in [9.17, 15) is 19.7 Å². The molecule has 23 heavy (non-hydrogen) atoms. The highest BCUT2D eigenvalue weighted by atomic mass is 35.5. The third-order valence-electron chi connectivity index (χ3n) is 3.48. The second-order valence-corrected chi connectivity index (χ2v) is 6.35. The van der Waals surface area contributed by atoms with Gasteiger partial charge in [-0.05, 0) is 23.8 Å². The van der Waals surface area contributed by atoms with Crippen LogP contribution in [0.5, 0.6) is 0 Å². The van der Waals surface area contributed by atoms with Gasteiger partial charge in [0.2, 0.25) is 0 Å². The minimum atomic E-state index is -1.08. The van der Waals surface area contributed by atoms with Crippen molar-refractivity contribution in [1.82, 2.24) is 4.57 Å². The van der Waals surface area contributed by atoms with Gasteiger partial charge in [-0.3, -0.25) is 19.5 Å². The molecule has 1 aliphatic rings. The van der Waals surface area contributed by atoms with Crippen molar-refractivity contribution in [2.24, 2.45) is 0 Å². The van der Waals surface area contributed by atoms with E-state index in [1.807, 2.05) is 0 Å². The molecular weight excluding hydrogens is 344 g/mol. The number of aliphatic carboxylic acids is 1. The van der Waals surface area contributed by atoms with E-state index in [2.05, 4.69) is 0 Å². The van der Waals surface area contributed by atoms with Crippen molar-refractivity contribution in [3.63, 3.8) is 0 Å². The molecule has 9 heteroatoms. The molecule has 118 valence electrons. The monoisotopic (exact) mass is 352 g/mol. The van der Waals surface area contributed by atoms with Gasteiger partial charge < -0.3 is 5.11 Å². The van der Waals surface area contributed by atoms with Crippen LogP contribution < -0.4 is 5.56 Å². The largest absolute Gasteiger partial charge is 0.480 e. The molecule has 0 fully saturated rings. The minimum absolute atomic E-state index is 0.170. The third kappa shape index (κ3) is 2.71. The van der Waals surface area contributed by atoms with Gasteiger partial charge in [0.1, 0.15) is 6.04 Å². The van der Waals surface area contributed by atoms with Crippen molar-refractivity contribution in [3.05, 3.63) is 55.8 Å². The second-order valence-electron chi connectivity index (χ2n) is 4.87. The van der Waals surface area contributed by atoms with Gasteiger partial charge in [0.05, 0.1) is 15.5 Å². The molecule has 1 aromatic heterocycles. The maximum Gasteiger partial charge on any atom is 0.327 e. The zero-order valence-electron chi connectivity index (χ0n) is 11.4. The van der Waals surface area contributed by atoms with Crippen molar-refractivity contribution in [3.8, 4) is 11.1 Å². The number of fused-ring (bicyclic) bond motifs is 1. The SMILES string of the molecule is O=C(O)[C@@H]1CSc2cc(-c3cc(Cl)ccc3[N+](=O)[O-])cc(=O)n21. The lowest BCUT2D eigenvalue weighted by molar-refractivity contribution is -0.384. The van der Waals surface area contributed by atoms with Crippen LogP contribution in [0.4, 0.5) is 5.69 Å². The number of carboxylic acid groups (broad SMARTS) is 1. The summed E-state index contributed by atoms with van der Waals surface area (Å²) in [5.74, 6) is -0.842. The first-order valence-corrected chi connectivity index (χ1v) is 7.81. The Hall–Kier alpha value is -2.32. The van der Waals surface area contributed by atoms with Crippen LogP contribution in [0.15, 0.2) is 40.2 Å². The number of nitrogens with zero attached hydrogens (tertiary/aromatic N) is 2. The number of halogens is 1. The number of rotatable bonds is 3. The topological polar surface area (TPSA) is 102 Å². The molecule has 2 heterocycles. The molecule has 0 radical (unpaired) electrons. The van der Waals surface area contributed by atoms with Crippen LogP contribution in [-0.4, -0.2) is 26.3 Å². The molecule has 0 bridgehead atoms. The lowest BCUT2D eigenvalue weighted by Gasteiger charge is -2.10.